The van der Waals surface area contributed by atoms with E-state index in [1.165, 1.54) is 32.3 Å². The van der Waals surface area contributed by atoms with Gasteiger partial charge in [0.1, 0.15) is 12.1 Å². The molecule has 1 aromatic carbocycles. The van der Waals surface area contributed by atoms with Crippen LogP contribution >= 0.6 is 0 Å². The maximum Gasteiger partial charge on any atom is 0.167 e. The molecule has 2 aromatic rings. The van der Waals surface area contributed by atoms with Gasteiger partial charge in [-0.15, -0.1) is 0 Å². The standard InChI is InChI=1S/C19H25FN4O2/c1-25-18-10-15-17(11-16(18)20)21-12-22-19(15)23-13-2-4-14(5-3-13)24-6-8-26-9-7-24/h10-14H,2-9H2,1H3,(H,21,22,23). The van der Waals surface area contributed by atoms with E-state index in [-0.39, 0.29) is 5.75 Å². The summed E-state index contributed by atoms with van der Waals surface area (Å²) >= 11 is 0. The number of rotatable bonds is 4. The lowest BCUT2D eigenvalue weighted by Gasteiger charge is -2.39. The first-order chi connectivity index (χ1) is 12.7. The van der Waals surface area contributed by atoms with E-state index in [0.29, 0.717) is 17.6 Å². The van der Waals surface area contributed by atoms with Gasteiger partial charge in [-0.05, 0) is 31.7 Å². The number of methoxy groups -OCH3 is 1. The Morgan fingerprint density at radius 1 is 1.15 bits per heavy atom. The van der Waals surface area contributed by atoms with Crippen LogP contribution in [-0.2, 0) is 4.74 Å². The first kappa shape index (κ1) is 17.4. The van der Waals surface area contributed by atoms with Gasteiger partial charge in [0, 0.05) is 36.6 Å². The van der Waals surface area contributed by atoms with Crippen molar-refractivity contribution in [3.63, 3.8) is 0 Å². The van der Waals surface area contributed by atoms with Crippen LogP contribution in [0.3, 0.4) is 0 Å². The second kappa shape index (κ2) is 7.72. The third kappa shape index (κ3) is 3.59. The summed E-state index contributed by atoms with van der Waals surface area (Å²) in [5, 5.41) is 4.34. The number of anilines is 1. The number of hydrogen-bond acceptors (Lipinski definition) is 6. The zero-order chi connectivity index (χ0) is 17.9. The normalized spacial score (nSPS) is 24.5. The largest absolute Gasteiger partial charge is 0.494 e. The molecule has 0 radical (unpaired) electrons. The van der Waals surface area contributed by atoms with Gasteiger partial charge in [-0.1, -0.05) is 0 Å². The summed E-state index contributed by atoms with van der Waals surface area (Å²) in [6.07, 6.45) is 6.05. The summed E-state index contributed by atoms with van der Waals surface area (Å²) < 4.78 is 24.5. The van der Waals surface area contributed by atoms with Crippen molar-refractivity contribution < 1.29 is 13.9 Å². The Bertz CT molecular complexity index is 759. The summed E-state index contributed by atoms with van der Waals surface area (Å²) in [7, 11) is 1.47. The van der Waals surface area contributed by atoms with Crippen molar-refractivity contribution in [2.24, 2.45) is 0 Å². The SMILES string of the molecule is COc1cc2c(NC3CCC(N4CCOCC4)CC3)ncnc2cc1F. The molecule has 2 heterocycles. The predicted molar refractivity (Wildman–Crippen MR) is 98.1 cm³/mol. The van der Waals surface area contributed by atoms with Gasteiger partial charge >= 0.3 is 0 Å². The van der Waals surface area contributed by atoms with Gasteiger partial charge < -0.3 is 14.8 Å². The van der Waals surface area contributed by atoms with Gasteiger partial charge in [-0.3, -0.25) is 4.90 Å². The second-order valence-electron chi connectivity index (χ2n) is 7.02. The Balaban J connectivity index is 1.44. The fourth-order valence-corrected chi connectivity index (χ4v) is 4.05. The lowest BCUT2D eigenvalue weighted by atomic mass is 9.90. The number of ether oxygens (including phenoxy) is 2. The number of benzene rings is 1. The molecule has 0 spiro atoms. The van der Waals surface area contributed by atoms with E-state index in [4.69, 9.17) is 9.47 Å². The van der Waals surface area contributed by atoms with Crippen molar-refractivity contribution in [1.29, 1.82) is 0 Å². The van der Waals surface area contributed by atoms with E-state index in [0.717, 1.165) is 50.3 Å². The van der Waals surface area contributed by atoms with E-state index in [2.05, 4.69) is 20.2 Å². The molecule has 1 saturated carbocycles. The maximum absolute atomic E-state index is 13.9. The number of nitrogens with zero attached hydrogens (tertiary/aromatic N) is 3. The molecule has 2 fully saturated rings. The number of nitrogens with one attached hydrogen (secondary N) is 1. The van der Waals surface area contributed by atoms with Crippen LogP contribution in [0.25, 0.3) is 10.9 Å². The van der Waals surface area contributed by atoms with Gasteiger partial charge in [0.15, 0.2) is 11.6 Å². The van der Waals surface area contributed by atoms with Crippen LogP contribution in [0.4, 0.5) is 10.2 Å². The molecule has 0 amide bonds. The predicted octanol–water partition coefficient (Wildman–Crippen LogP) is 2.83. The van der Waals surface area contributed by atoms with Gasteiger partial charge in [0.2, 0.25) is 0 Å². The molecule has 0 bridgehead atoms. The maximum atomic E-state index is 13.9. The summed E-state index contributed by atoms with van der Waals surface area (Å²) in [6, 6.07) is 4.11. The van der Waals surface area contributed by atoms with Crippen molar-refractivity contribution in [1.82, 2.24) is 14.9 Å². The third-order valence-corrected chi connectivity index (χ3v) is 5.51. The molecule has 1 aliphatic heterocycles. The Hall–Kier alpha value is -1.99. The average Bonchev–Trinajstić information content (AvgIpc) is 2.69. The fourth-order valence-electron chi connectivity index (χ4n) is 4.05. The molecule has 1 N–H and O–H groups in total. The molecule has 6 nitrogen and oxygen atoms in total. The van der Waals surface area contributed by atoms with Gasteiger partial charge in [0.05, 0.1) is 25.8 Å². The van der Waals surface area contributed by atoms with Gasteiger partial charge in [-0.2, -0.15) is 0 Å². The lowest BCUT2D eigenvalue weighted by molar-refractivity contribution is 0.00791. The molecule has 7 heteroatoms. The van der Waals surface area contributed by atoms with Gasteiger partial charge in [0.25, 0.3) is 0 Å². The van der Waals surface area contributed by atoms with Crippen LogP contribution in [-0.4, -0.2) is 60.4 Å². The van der Waals surface area contributed by atoms with Crippen LogP contribution in [0.1, 0.15) is 25.7 Å². The quantitative estimate of drug-likeness (QED) is 0.905. The molecular formula is C19H25FN4O2. The molecule has 1 aliphatic carbocycles. The Morgan fingerprint density at radius 3 is 2.65 bits per heavy atom. The Labute approximate surface area is 152 Å². The highest BCUT2D eigenvalue weighted by atomic mass is 19.1. The highest BCUT2D eigenvalue weighted by Gasteiger charge is 2.27. The van der Waals surface area contributed by atoms with Crippen molar-refractivity contribution in [2.75, 3.05) is 38.7 Å². The zero-order valence-electron chi connectivity index (χ0n) is 15.1. The second-order valence-corrected chi connectivity index (χ2v) is 7.02. The zero-order valence-corrected chi connectivity index (χ0v) is 15.1. The van der Waals surface area contributed by atoms with Crippen LogP contribution < -0.4 is 10.1 Å². The summed E-state index contributed by atoms with van der Waals surface area (Å²) in [5.74, 6) is 0.560. The van der Waals surface area contributed by atoms with Crippen LogP contribution in [0.2, 0.25) is 0 Å². The molecule has 1 aromatic heterocycles. The van der Waals surface area contributed by atoms with E-state index in [1.54, 1.807) is 6.07 Å². The van der Waals surface area contributed by atoms with Crippen molar-refractivity contribution >= 4 is 16.7 Å². The Kier molecular flexibility index (Phi) is 5.17. The van der Waals surface area contributed by atoms with E-state index >= 15 is 0 Å². The summed E-state index contributed by atoms with van der Waals surface area (Å²) in [4.78, 5) is 11.1. The number of aromatic nitrogens is 2. The van der Waals surface area contributed by atoms with Crippen LogP contribution in [0.15, 0.2) is 18.5 Å². The smallest absolute Gasteiger partial charge is 0.167 e. The first-order valence-electron chi connectivity index (χ1n) is 9.31. The van der Waals surface area contributed by atoms with Crippen LogP contribution in [0.5, 0.6) is 5.75 Å². The third-order valence-electron chi connectivity index (χ3n) is 5.51. The Morgan fingerprint density at radius 2 is 1.92 bits per heavy atom. The first-order valence-corrected chi connectivity index (χ1v) is 9.31. The van der Waals surface area contributed by atoms with Crippen molar-refractivity contribution in [3.05, 3.63) is 24.3 Å². The molecule has 140 valence electrons. The molecule has 0 unspecified atom stereocenters. The molecule has 26 heavy (non-hydrogen) atoms. The molecule has 2 aliphatic rings. The van der Waals surface area contributed by atoms with E-state index < -0.39 is 5.82 Å². The topological polar surface area (TPSA) is 59.5 Å². The molecular weight excluding hydrogens is 335 g/mol. The van der Waals surface area contributed by atoms with Crippen molar-refractivity contribution in [2.45, 2.75) is 37.8 Å². The highest BCUT2D eigenvalue weighted by Crippen LogP contribution is 2.30. The summed E-state index contributed by atoms with van der Waals surface area (Å²) in [5.41, 5.74) is 0.586. The fraction of sp³-hybridized carbons (Fsp3) is 0.579. The van der Waals surface area contributed by atoms with Crippen molar-refractivity contribution in [3.8, 4) is 5.75 Å². The van der Waals surface area contributed by atoms with Gasteiger partial charge in [-0.25, -0.2) is 14.4 Å². The monoisotopic (exact) mass is 360 g/mol. The number of hydrogen-bond donors (Lipinski definition) is 1. The molecule has 0 atom stereocenters. The summed E-state index contributed by atoms with van der Waals surface area (Å²) in [6.45, 7) is 3.79. The highest BCUT2D eigenvalue weighted by molar-refractivity contribution is 5.90. The average molecular weight is 360 g/mol. The van der Waals surface area contributed by atoms with E-state index in [1.807, 2.05) is 0 Å². The number of morpholine rings is 1. The minimum atomic E-state index is -0.407. The molecule has 1 saturated heterocycles. The minimum Gasteiger partial charge on any atom is -0.494 e. The van der Waals surface area contributed by atoms with Crippen LogP contribution in [0, 0.1) is 5.82 Å². The number of halogens is 1. The van der Waals surface area contributed by atoms with E-state index in [9.17, 15) is 4.39 Å². The lowest BCUT2D eigenvalue weighted by Crippen LogP contribution is -2.46. The molecule has 4 rings (SSSR count). The number of fused-ring (bicyclic) bond motifs is 1. The minimum absolute atomic E-state index is 0.214.